The molecule has 0 atom stereocenters. The minimum atomic E-state index is -0.601. The minimum absolute atomic E-state index is 0.0857. The fourth-order valence-electron chi connectivity index (χ4n) is 2.71. The molecule has 1 heterocycles. The van der Waals surface area contributed by atoms with E-state index in [1.165, 1.54) is 6.07 Å². The Morgan fingerprint density at radius 3 is 2.54 bits per heavy atom. The van der Waals surface area contributed by atoms with Crippen LogP contribution in [0.4, 0.5) is 0 Å². The van der Waals surface area contributed by atoms with Gasteiger partial charge in [-0.2, -0.15) is 0 Å². The Labute approximate surface area is 169 Å². The normalized spacial score (nSPS) is 10.7. The van der Waals surface area contributed by atoms with Gasteiger partial charge in [-0.25, -0.2) is 4.79 Å². The van der Waals surface area contributed by atoms with Crippen LogP contribution in [0, 0.1) is 13.8 Å². The molecule has 1 N–H and O–H groups in total. The Morgan fingerprint density at radius 2 is 1.82 bits per heavy atom. The van der Waals surface area contributed by atoms with Crippen molar-refractivity contribution in [3.05, 3.63) is 79.6 Å². The summed E-state index contributed by atoms with van der Waals surface area (Å²) in [6.45, 7) is 3.44. The molecule has 0 spiro atoms. The highest BCUT2D eigenvalue weighted by atomic mass is 79.9. The van der Waals surface area contributed by atoms with Crippen LogP contribution in [0.3, 0.4) is 0 Å². The number of fused-ring (bicyclic) bond motifs is 1. The van der Waals surface area contributed by atoms with Crippen LogP contribution in [-0.4, -0.2) is 18.4 Å². The Bertz CT molecular complexity index is 1100. The van der Waals surface area contributed by atoms with Crippen LogP contribution in [0.25, 0.3) is 11.0 Å². The number of carbonyl (C=O) groups excluding carboxylic acids is 2. The van der Waals surface area contributed by atoms with Crippen molar-refractivity contribution in [1.82, 2.24) is 5.32 Å². The summed E-state index contributed by atoms with van der Waals surface area (Å²) in [5, 5.41) is 3.23. The summed E-state index contributed by atoms with van der Waals surface area (Å²) in [5.41, 5.74) is 2.85. The molecule has 6 nitrogen and oxygen atoms in total. The maximum atomic E-state index is 12.0. The van der Waals surface area contributed by atoms with Gasteiger partial charge in [-0.05, 0) is 49.2 Å². The van der Waals surface area contributed by atoms with Crippen molar-refractivity contribution in [2.24, 2.45) is 0 Å². The van der Waals surface area contributed by atoms with Gasteiger partial charge in [0, 0.05) is 27.1 Å². The average molecular weight is 444 g/mol. The third-order valence-electron chi connectivity index (χ3n) is 4.41. The summed E-state index contributed by atoms with van der Waals surface area (Å²) < 4.78 is 11.4. The minimum Gasteiger partial charge on any atom is -0.459 e. The topological polar surface area (TPSA) is 85.6 Å². The van der Waals surface area contributed by atoms with E-state index in [-0.39, 0.29) is 19.1 Å². The van der Waals surface area contributed by atoms with Crippen molar-refractivity contribution in [2.75, 3.05) is 6.54 Å². The number of aryl methyl sites for hydroxylation is 2. The number of benzene rings is 2. The fourth-order valence-corrected chi connectivity index (χ4v) is 2.97. The van der Waals surface area contributed by atoms with Crippen molar-refractivity contribution in [1.29, 1.82) is 0 Å². The molecule has 1 aromatic heterocycles. The first-order valence-corrected chi connectivity index (χ1v) is 9.37. The first-order chi connectivity index (χ1) is 13.3. The number of amides is 1. The molecule has 28 heavy (non-hydrogen) atoms. The molecule has 0 bridgehead atoms. The molecule has 0 saturated carbocycles. The van der Waals surface area contributed by atoms with Crippen molar-refractivity contribution in [2.45, 2.75) is 20.5 Å². The Balaban J connectivity index is 1.65. The van der Waals surface area contributed by atoms with Crippen molar-refractivity contribution in [3.8, 4) is 0 Å². The lowest BCUT2D eigenvalue weighted by atomic mass is 10.0. The molecule has 144 valence electrons. The van der Waals surface area contributed by atoms with Crippen molar-refractivity contribution in [3.63, 3.8) is 0 Å². The van der Waals surface area contributed by atoms with E-state index in [2.05, 4.69) is 21.2 Å². The fraction of sp³-hybridized carbons (Fsp3) is 0.190. The van der Waals surface area contributed by atoms with E-state index in [1.54, 1.807) is 24.3 Å². The van der Waals surface area contributed by atoms with Gasteiger partial charge in [-0.15, -0.1) is 0 Å². The predicted molar refractivity (Wildman–Crippen MR) is 108 cm³/mol. The van der Waals surface area contributed by atoms with E-state index in [9.17, 15) is 14.4 Å². The van der Waals surface area contributed by atoms with Crippen LogP contribution in [0.5, 0.6) is 0 Å². The quantitative estimate of drug-likeness (QED) is 0.480. The molecule has 3 aromatic rings. The van der Waals surface area contributed by atoms with Crippen LogP contribution in [0.2, 0.25) is 0 Å². The summed E-state index contributed by atoms with van der Waals surface area (Å²) in [7, 11) is 0. The zero-order chi connectivity index (χ0) is 20.3. The first kappa shape index (κ1) is 19.8. The van der Waals surface area contributed by atoms with E-state index < -0.39 is 11.6 Å². The Morgan fingerprint density at radius 1 is 1.11 bits per heavy atom. The highest BCUT2D eigenvalue weighted by Crippen LogP contribution is 2.23. The maximum Gasteiger partial charge on any atom is 0.336 e. The van der Waals surface area contributed by atoms with E-state index >= 15 is 0 Å². The monoisotopic (exact) mass is 443 g/mol. The highest BCUT2D eigenvalue weighted by Gasteiger charge is 2.13. The first-order valence-electron chi connectivity index (χ1n) is 8.57. The van der Waals surface area contributed by atoms with Gasteiger partial charge in [0.1, 0.15) is 18.7 Å². The smallest absolute Gasteiger partial charge is 0.336 e. The standard InChI is InChI=1S/C21H18BrNO5/c1-12-3-8-17-15(9-18(24)28-20(17)13(12)2)11-27-19(25)10-23-21(26)14-4-6-16(22)7-5-14/h3-9H,10-11H2,1-2H3,(H,23,26). The zero-order valence-corrected chi connectivity index (χ0v) is 17.0. The molecule has 0 aliphatic heterocycles. The number of carbonyl (C=O) groups is 2. The lowest BCUT2D eigenvalue weighted by Gasteiger charge is -2.10. The van der Waals surface area contributed by atoms with Gasteiger partial charge in [-0.3, -0.25) is 9.59 Å². The van der Waals surface area contributed by atoms with Crippen LogP contribution < -0.4 is 10.9 Å². The molecule has 0 saturated heterocycles. The number of hydrogen-bond donors (Lipinski definition) is 1. The second-order valence-corrected chi connectivity index (χ2v) is 7.24. The lowest BCUT2D eigenvalue weighted by Crippen LogP contribution is -2.30. The second-order valence-electron chi connectivity index (χ2n) is 6.33. The number of nitrogens with one attached hydrogen (secondary N) is 1. The molecule has 7 heteroatoms. The molecule has 3 rings (SSSR count). The second kappa shape index (κ2) is 8.39. The molecule has 0 aliphatic carbocycles. The van der Waals surface area contributed by atoms with Crippen LogP contribution >= 0.6 is 15.9 Å². The van der Waals surface area contributed by atoms with Gasteiger partial charge in [0.2, 0.25) is 0 Å². The molecule has 0 fully saturated rings. The maximum absolute atomic E-state index is 12.0. The van der Waals surface area contributed by atoms with E-state index in [0.717, 1.165) is 21.0 Å². The molecule has 1 amide bonds. The molecule has 0 unspecified atom stereocenters. The largest absolute Gasteiger partial charge is 0.459 e. The molecular formula is C21H18BrNO5. The Kier molecular flexibility index (Phi) is 5.94. The number of esters is 1. The summed E-state index contributed by atoms with van der Waals surface area (Å²) in [6.07, 6.45) is 0. The van der Waals surface area contributed by atoms with Gasteiger partial charge in [0.05, 0.1) is 0 Å². The summed E-state index contributed by atoms with van der Waals surface area (Å²) in [5.74, 6) is -0.975. The molecule has 0 radical (unpaired) electrons. The number of ether oxygens (including phenoxy) is 1. The van der Waals surface area contributed by atoms with Gasteiger partial charge in [0.15, 0.2) is 0 Å². The van der Waals surface area contributed by atoms with Crippen LogP contribution in [0.15, 0.2) is 56.1 Å². The Hall–Kier alpha value is -2.93. The van der Waals surface area contributed by atoms with Gasteiger partial charge in [-0.1, -0.05) is 28.1 Å². The number of hydrogen-bond acceptors (Lipinski definition) is 5. The average Bonchev–Trinajstić information content (AvgIpc) is 2.68. The molecule has 0 aliphatic rings. The summed E-state index contributed by atoms with van der Waals surface area (Å²) in [6, 6.07) is 11.8. The van der Waals surface area contributed by atoms with Crippen LogP contribution in [-0.2, 0) is 16.1 Å². The van der Waals surface area contributed by atoms with Gasteiger partial charge >= 0.3 is 11.6 Å². The van der Waals surface area contributed by atoms with Crippen molar-refractivity contribution >= 4 is 38.8 Å². The predicted octanol–water partition coefficient (Wildman–Crippen LogP) is 3.65. The summed E-state index contributed by atoms with van der Waals surface area (Å²) >= 11 is 3.30. The van der Waals surface area contributed by atoms with Gasteiger partial charge in [0.25, 0.3) is 5.91 Å². The van der Waals surface area contributed by atoms with E-state index in [4.69, 9.17) is 9.15 Å². The zero-order valence-electron chi connectivity index (χ0n) is 15.4. The number of halogens is 1. The van der Waals surface area contributed by atoms with E-state index in [0.29, 0.717) is 16.7 Å². The number of rotatable bonds is 5. The van der Waals surface area contributed by atoms with E-state index in [1.807, 2.05) is 26.0 Å². The van der Waals surface area contributed by atoms with Crippen LogP contribution in [0.1, 0.15) is 27.0 Å². The van der Waals surface area contributed by atoms with Crippen molar-refractivity contribution < 1.29 is 18.7 Å². The third-order valence-corrected chi connectivity index (χ3v) is 4.93. The van der Waals surface area contributed by atoms with Gasteiger partial charge < -0.3 is 14.5 Å². The summed E-state index contributed by atoms with van der Waals surface area (Å²) in [4.78, 5) is 35.9. The molecule has 2 aromatic carbocycles. The SMILES string of the molecule is Cc1ccc2c(COC(=O)CNC(=O)c3ccc(Br)cc3)cc(=O)oc2c1C. The molecular weight excluding hydrogens is 426 g/mol. The third kappa shape index (κ3) is 4.48. The highest BCUT2D eigenvalue weighted by molar-refractivity contribution is 9.10. The lowest BCUT2D eigenvalue weighted by molar-refractivity contribution is -0.143.